The van der Waals surface area contributed by atoms with Gasteiger partial charge in [-0.2, -0.15) is 0 Å². The van der Waals surface area contributed by atoms with Crippen molar-refractivity contribution in [3.8, 4) is 0 Å². The summed E-state index contributed by atoms with van der Waals surface area (Å²) in [6.07, 6.45) is 2.04. The Hall–Kier alpha value is -0.840. The number of likely N-dealkylation sites (N-methyl/N-ethyl adjacent to an activating group) is 1. The normalized spacial score (nSPS) is 18.9. The summed E-state index contributed by atoms with van der Waals surface area (Å²) in [6.45, 7) is 1.40. The minimum absolute atomic E-state index is 0. The van der Waals surface area contributed by atoms with E-state index in [1.165, 1.54) is 18.2 Å². The van der Waals surface area contributed by atoms with E-state index in [0.717, 1.165) is 19.4 Å². The highest BCUT2D eigenvalue weighted by atomic mass is 35.5. The maximum atomic E-state index is 13.0. The largest absolute Gasteiger partial charge is 0.337 e. The van der Waals surface area contributed by atoms with E-state index >= 15 is 0 Å². The van der Waals surface area contributed by atoms with E-state index in [4.69, 9.17) is 11.6 Å². The first-order chi connectivity index (χ1) is 8.61. The van der Waals surface area contributed by atoms with Gasteiger partial charge in [0.05, 0.1) is 10.6 Å². The molecule has 1 fully saturated rings. The highest BCUT2D eigenvalue weighted by molar-refractivity contribution is 6.33. The van der Waals surface area contributed by atoms with Crippen molar-refractivity contribution in [2.75, 3.05) is 20.1 Å². The number of benzene rings is 1. The molecular weight excluding hydrogens is 290 g/mol. The molecule has 1 unspecified atom stereocenters. The van der Waals surface area contributed by atoms with Crippen molar-refractivity contribution in [1.82, 2.24) is 10.2 Å². The van der Waals surface area contributed by atoms with Crippen LogP contribution in [-0.4, -0.2) is 37.0 Å². The van der Waals surface area contributed by atoms with E-state index in [1.54, 1.807) is 4.90 Å². The Morgan fingerprint density at radius 3 is 2.89 bits per heavy atom. The Morgan fingerprint density at radius 2 is 2.26 bits per heavy atom. The van der Waals surface area contributed by atoms with Crippen LogP contribution in [0.25, 0.3) is 0 Å². The lowest BCUT2D eigenvalue weighted by Crippen LogP contribution is -2.47. The molecule has 0 saturated carbocycles. The second-order valence-corrected chi connectivity index (χ2v) is 4.91. The van der Waals surface area contributed by atoms with Crippen LogP contribution >= 0.6 is 24.0 Å². The first kappa shape index (κ1) is 16.2. The average molecular weight is 307 g/mol. The average Bonchev–Trinajstić information content (AvgIpc) is 2.38. The molecule has 1 heterocycles. The Balaban J connectivity index is 0.00000180. The van der Waals surface area contributed by atoms with Crippen LogP contribution in [0.1, 0.15) is 23.2 Å². The van der Waals surface area contributed by atoms with Gasteiger partial charge in [0.25, 0.3) is 5.91 Å². The Kier molecular flexibility index (Phi) is 6.04. The molecule has 1 aliphatic heterocycles. The van der Waals surface area contributed by atoms with Gasteiger partial charge in [0, 0.05) is 19.1 Å². The fourth-order valence-corrected chi connectivity index (χ4v) is 2.48. The number of carbonyl (C=O) groups is 1. The van der Waals surface area contributed by atoms with E-state index in [0.29, 0.717) is 18.2 Å². The summed E-state index contributed by atoms with van der Waals surface area (Å²) < 4.78 is 13.0. The molecule has 1 saturated heterocycles. The molecular formula is C13H17Cl2FN2O. The van der Waals surface area contributed by atoms with E-state index in [-0.39, 0.29) is 23.3 Å². The fraction of sp³-hybridized carbons (Fsp3) is 0.462. The highest BCUT2D eigenvalue weighted by Gasteiger charge is 2.24. The number of nitrogens with one attached hydrogen (secondary N) is 1. The van der Waals surface area contributed by atoms with Crippen LogP contribution in [0.15, 0.2) is 18.2 Å². The highest BCUT2D eigenvalue weighted by Crippen LogP contribution is 2.21. The second-order valence-electron chi connectivity index (χ2n) is 4.50. The molecule has 3 nitrogen and oxygen atoms in total. The Morgan fingerprint density at radius 1 is 1.53 bits per heavy atom. The molecule has 6 heteroatoms. The number of carbonyl (C=O) groups excluding carboxylic acids is 1. The minimum atomic E-state index is -0.428. The minimum Gasteiger partial charge on any atom is -0.337 e. The monoisotopic (exact) mass is 306 g/mol. The zero-order valence-electron chi connectivity index (χ0n) is 10.7. The first-order valence-corrected chi connectivity index (χ1v) is 6.41. The lowest BCUT2D eigenvalue weighted by atomic mass is 10.0. The third-order valence-electron chi connectivity index (χ3n) is 3.28. The van der Waals surface area contributed by atoms with Gasteiger partial charge in [-0.15, -0.1) is 12.4 Å². The van der Waals surface area contributed by atoms with Crippen LogP contribution < -0.4 is 5.32 Å². The number of likely N-dealkylation sites (tertiary alicyclic amines) is 1. The van der Waals surface area contributed by atoms with E-state index in [2.05, 4.69) is 5.32 Å². The molecule has 106 valence electrons. The van der Waals surface area contributed by atoms with Crippen molar-refractivity contribution < 1.29 is 9.18 Å². The molecule has 1 aromatic rings. The summed E-state index contributed by atoms with van der Waals surface area (Å²) in [5, 5.41) is 3.35. The number of halogens is 3. The summed E-state index contributed by atoms with van der Waals surface area (Å²) in [5.41, 5.74) is 0.370. The quantitative estimate of drug-likeness (QED) is 0.911. The molecule has 1 N–H and O–H groups in total. The Bertz CT molecular complexity index is 456. The molecule has 0 spiro atoms. The lowest BCUT2D eigenvalue weighted by Gasteiger charge is -2.32. The van der Waals surface area contributed by atoms with Crippen LogP contribution in [0.3, 0.4) is 0 Å². The zero-order valence-corrected chi connectivity index (χ0v) is 12.2. The van der Waals surface area contributed by atoms with Crippen LogP contribution in [0.5, 0.6) is 0 Å². The number of nitrogens with zero attached hydrogens (tertiary/aromatic N) is 1. The van der Waals surface area contributed by atoms with Gasteiger partial charge in [-0.05, 0) is 38.1 Å². The van der Waals surface area contributed by atoms with Crippen LogP contribution in [0.4, 0.5) is 4.39 Å². The van der Waals surface area contributed by atoms with Crippen molar-refractivity contribution >= 4 is 29.9 Å². The first-order valence-electron chi connectivity index (χ1n) is 6.03. The summed E-state index contributed by atoms with van der Waals surface area (Å²) in [7, 11) is 1.89. The summed E-state index contributed by atoms with van der Waals surface area (Å²) in [4.78, 5) is 14.1. The SMILES string of the molecule is CNC1CCCN(C(=O)c2ccc(F)cc2Cl)C1.Cl. The van der Waals surface area contributed by atoms with Gasteiger partial charge in [-0.25, -0.2) is 4.39 Å². The molecule has 0 radical (unpaired) electrons. The molecule has 1 atom stereocenters. The number of rotatable bonds is 2. The number of hydrogen-bond donors (Lipinski definition) is 1. The van der Waals surface area contributed by atoms with E-state index in [1.807, 2.05) is 7.05 Å². The molecule has 19 heavy (non-hydrogen) atoms. The van der Waals surface area contributed by atoms with Crippen molar-refractivity contribution in [1.29, 1.82) is 0 Å². The van der Waals surface area contributed by atoms with Gasteiger partial charge in [-0.3, -0.25) is 4.79 Å². The predicted molar refractivity (Wildman–Crippen MR) is 76.6 cm³/mol. The standard InChI is InChI=1S/C13H16ClFN2O.ClH/c1-16-10-3-2-6-17(8-10)13(18)11-5-4-9(15)7-12(11)14;/h4-5,7,10,16H,2-3,6,8H2,1H3;1H. The second kappa shape index (κ2) is 7.08. The number of piperidine rings is 1. The maximum absolute atomic E-state index is 13.0. The predicted octanol–water partition coefficient (Wildman–Crippen LogP) is 2.72. The van der Waals surface area contributed by atoms with Gasteiger partial charge in [0.15, 0.2) is 0 Å². The van der Waals surface area contributed by atoms with Gasteiger partial charge >= 0.3 is 0 Å². The lowest BCUT2D eigenvalue weighted by molar-refractivity contribution is 0.0698. The van der Waals surface area contributed by atoms with E-state index in [9.17, 15) is 9.18 Å². The molecule has 2 rings (SSSR count). The Labute approximate surface area is 123 Å². The van der Waals surface area contributed by atoms with Gasteiger partial charge in [0.1, 0.15) is 5.82 Å². The molecule has 1 aromatic carbocycles. The van der Waals surface area contributed by atoms with Crippen LogP contribution in [0, 0.1) is 5.82 Å². The molecule has 0 aliphatic carbocycles. The third-order valence-corrected chi connectivity index (χ3v) is 3.59. The van der Waals surface area contributed by atoms with Gasteiger partial charge < -0.3 is 10.2 Å². The van der Waals surface area contributed by atoms with Crippen molar-refractivity contribution in [2.24, 2.45) is 0 Å². The molecule has 1 amide bonds. The van der Waals surface area contributed by atoms with Crippen molar-refractivity contribution in [2.45, 2.75) is 18.9 Å². The summed E-state index contributed by atoms with van der Waals surface area (Å²) in [5.74, 6) is -0.553. The smallest absolute Gasteiger partial charge is 0.255 e. The molecule has 1 aliphatic rings. The zero-order chi connectivity index (χ0) is 13.1. The third kappa shape index (κ3) is 3.81. The van der Waals surface area contributed by atoms with Crippen LogP contribution in [-0.2, 0) is 0 Å². The fourth-order valence-electron chi connectivity index (χ4n) is 2.23. The number of hydrogen-bond acceptors (Lipinski definition) is 2. The number of amides is 1. The van der Waals surface area contributed by atoms with Crippen molar-refractivity contribution in [3.05, 3.63) is 34.6 Å². The van der Waals surface area contributed by atoms with E-state index < -0.39 is 5.82 Å². The van der Waals surface area contributed by atoms with Gasteiger partial charge in [0.2, 0.25) is 0 Å². The van der Waals surface area contributed by atoms with Crippen molar-refractivity contribution in [3.63, 3.8) is 0 Å². The van der Waals surface area contributed by atoms with Crippen LogP contribution in [0.2, 0.25) is 5.02 Å². The maximum Gasteiger partial charge on any atom is 0.255 e. The molecule has 0 bridgehead atoms. The topological polar surface area (TPSA) is 32.3 Å². The molecule has 0 aromatic heterocycles. The van der Waals surface area contributed by atoms with Gasteiger partial charge in [-0.1, -0.05) is 11.6 Å². The summed E-state index contributed by atoms with van der Waals surface area (Å²) in [6, 6.07) is 4.21. The summed E-state index contributed by atoms with van der Waals surface area (Å²) >= 11 is 5.91.